The molecule has 0 bridgehead atoms. The molecule has 0 radical (unpaired) electrons. The minimum absolute atomic E-state index is 0.00674. The van der Waals surface area contributed by atoms with Crippen molar-refractivity contribution in [3.05, 3.63) is 0 Å². The van der Waals surface area contributed by atoms with E-state index >= 15 is 0 Å². The second kappa shape index (κ2) is 11.0. The molecule has 0 unspecified atom stereocenters. The molecule has 122 valence electrons. The Labute approximate surface area is 124 Å². The van der Waals surface area contributed by atoms with Crippen LogP contribution in [0.5, 0.6) is 0 Å². The number of carboxylic acid groups (broad SMARTS) is 2. The Bertz CT molecular complexity index is 337. The van der Waals surface area contributed by atoms with Gasteiger partial charge in [-0.1, -0.05) is 6.92 Å². The summed E-state index contributed by atoms with van der Waals surface area (Å²) in [7, 11) is 1.65. The minimum atomic E-state index is -0.865. The predicted octanol–water partition coefficient (Wildman–Crippen LogP) is -0.223. The molecule has 8 nitrogen and oxygen atoms in total. The normalized spacial score (nSPS) is 21.2. The molecule has 1 amide bonds. The number of likely N-dealkylation sites (N-methyl/N-ethyl adjacent to an activating group) is 1. The van der Waals surface area contributed by atoms with E-state index in [1.165, 1.54) is 0 Å². The largest absolute Gasteiger partial charge is 0.483 e. The second-order valence-electron chi connectivity index (χ2n) is 4.65. The van der Waals surface area contributed by atoms with Crippen LogP contribution in [0.25, 0.3) is 0 Å². The molecule has 0 saturated carbocycles. The molecule has 3 N–H and O–H groups in total. The number of carbonyl (C=O) groups excluding carboxylic acids is 1. The summed E-state index contributed by atoms with van der Waals surface area (Å²) in [6, 6.07) is 0.00674. The van der Waals surface area contributed by atoms with Crippen molar-refractivity contribution in [2.24, 2.45) is 0 Å². The lowest BCUT2D eigenvalue weighted by Gasteiger charge is -2.18. The lowest BCUT2D eigenvalue weighted by atomic mass is 10.2. The van der Waals surface area contributed by atoms with Gasteiger partial charge in [0.05, 0.1) is 12.1 Å². The Morgan fingerprint density at radius 3 is 2.48 bits per heavy atom. The van der Waals surface area contributed by atoms with Gasteiger partial charge in [-0.25, -0.2) is 0 Å². The van der Waals surface area contributed by atoms with Crippen molar-refractivity contribution in [1.29, 1.82) is 0 Å². The molecule has 1 saturated heterocycles. The maximum absolute atomic E-state index is 11.7. The van der Waals surface area contributed by atoms with Crippen LogP contribution in [0.1, 0.15) is 26.2 Å². The smallest absolute Gasteiger partial charge is 0.303 e. The predicted molar refractivity (Wildman–Crippen MR) is 75.0 cm³/mol. The van der Waals surface area contributed by atoms with E-state index in [1.54, 1.807) is 7.11 Å². The first-order chi connectivity index (χ1) is 9.98. The molecule has 0 aromatic heterocycles. The van der Waals surface area contributed by atoms with Gasteiger partial charge in [0, 0.05) is 33.0 Å². The third-order valence-corrected chi connectivity index (χ3v) is 3.23. The van der Waals surface area contributed by atoms with E-state index < -0.39 is 5.97 Å². The van der Waals surface area contributed by atoms with E-state index in [4.69, 9.17) is 19.7 Å². The number of hydrogen-bond acceptors (Lipinski definition) is 5. The third-order valence-electron chi connectivity index (χ3n) is 3.23. The lowest BCUT2D eigenvalue weighted by molar-refractivity contribution is -0.137. The average Bonchev–Trinajstić information content (AvgIpc) is 2.81. The zero-order valence-electron chi connectivity index (χ0n) is 12.4. The average molecular weight is 304 g/mol. The monoisotopic (exact) mass is 304 g/mol. The molecule has 1 heterocycles. The molecular formula is C13H24N2O6. The first-order valence-electron chi connectivity index (χ1n) is 6.82. The molecule has 2 atom stereocenters. The van der Waals surface area contributed by atoms with Crippen molar-refractivity contribution < 1.29 is 29.3 Å². The quantitative estimate of drug-likeness (QED) is 0.557. The number of aliphatic carboxylic acids is 1. The number of likely N-dealkylation sites (tertiary alicyclic amines) is 1. The highest BCUT2D eigenvalue weighted by Crippen LogP contribution is 2.13. The molecule has 21 heavy (non-hydrogen) atoms. The molecule has 1 fully saturated rings. The fraction of sp³-hybridized carbons (Fsp3) is 0.769. The molecule has 8 heteroatoms. The van der Waals surface area contributed by atoms with E-state index in [-0.39, 0.29) is 37.4 Å². The number of rotatable bonds is 7. The molecule has 1 rings (SSSR count). The van der Waals surface area contributed by atoms with Crippen LogP contribution in [-0.4, -0.2) is 72.4 Å². The van der Waals surface area contributed by atoms with Gasteiger partial charge in [-0.05, 0) is 13.0 Å². The highest BCUT2D eigenvalue weighted by Gasteiger charge is 2.32. The Balaban J connectivity index is 0.00000122. The summed E-state index contributed by atoms with van der Waals surface area (Å²) in [5.41, 5.74) is 0. The SMILES string of the molecule is CCN1C[C@H](NC(=O)CCCC(=O)O)[C@@H](OC)C1.O=CO. The molecule has 0 aromatic rings. The van der Waals surface area contributed by atoms with Gasteiger partial charge < -0.3 is 20.3 Å². The van der Waals surface area contributed by atoms with E-state index in [9.17, 15) is 9.59 Å². The van der Waals surface area contributed by atoms with Crippen LogP contribution < -0.4 is 5.32 Å². The Hall–Kier alpha value is -1.67. The number of amides is 1. The van der Waals surface area contributed by atoms with Crippen molar-refractivity contribution in [3.63, 3.8) is 0 Å². The maximum atomic E-state index is 11.7. The molecule has 0 aliphatic carbocycles. The van der Waals surface area contributed by atoms with Gasteiger partial charge in [0.15, 0.2) is 0 Å². The maximum Gasteiger partial charge on any atom is 0.303 e. The standard InChI is InChI=1S/C12H22N2O4.CH2O2/c1-3-14-7-9(10(8-14)18-2)13-11(15)5-4-6-12(16)17;2-1-3/h9-10H,3-8H2,1-2H3,(H,13,15)(H,16,17);1H,(H,2,3)/t9-,10-;/m0./s1. The molecule has 0 aromatic carbocycles. The third kappa shape index (κ3) is 8.26. The van der Waals surface area contributed by atoms with Crippen LogP contribution in [0, 0.1) is 0 Å². The van der Waals surface area contributed by atoms with Gasteiger partial charge >= 0.3 is 5.97 Å². The van der Waals surface area contributed by atoms with Crippen molar-refractivity contribution in [3.8, 4) is 0 Å². The summed E-state index contributed by atoms with van der Waals surface area (Å²) in [5, 5.41) is 18.3. The van der Waals surface area contributed by atoms with Gasteiger partial charge in [0.2, 0.25) is 5.91 Å². The Kier molecular flexibility index (Phi) is 10.2. The van der Waals surface area contributed by atoms with E-state index in [1.807, 2.05) is 0 Å². The van der Waals surface area contributed by atoms with Crippen molar-refractivity contribution in [2.75, 3.05) is 26.7 Å². The van der Waals surface area contributed by atoms with E-state index in [0.29, 0.717) is 6.42 Å². The van der Waals surface area contributed by atoms with E-state index in [0.717, 1.165) is 19.6 Å². The number of nitrogens with zero attached hydrogens (tertiary/aromatic N) is 1. The Morgan fingerprint density at radius 1 is 1.38 bits per heavy atom. The van der Waals surface area contributed by atoms with Crippen LogP contribution in [0.3, 0.4) is 0 Å². The van der Waals surface area contributed by atoms with Crippen LogP contribution >= 0.6 is 0 Å². The first-order valence-corrected chi connectivity index (χ1v) is 6.82. The molecular weight excluding hydrogens is 280 g/mol. The van der Waals surface area contributed by atoms with Crippen molar-refractivity contribution in [1.82, 2.24) is 10.2 Å². The van der Waals surface area contributed by atoms with Gasteiger partial charge in [-0.2, -0.15) is 0 Å². The first kappa shape index (κ1) is 19.3. The summed E-state index contributed by atoms with van der Waals surface area (Å²) in [6.45, 7) is 4.38. The summed E-state index contributed by atoms with van der Waals surface area (Å²) in [4.78, 5) is 32.6. The fourth-order valence-electron chi connectivity index (χ4n) is 2.17. The lowest BCUT2D eigenvalue weighted by Crippen LogP contribution is -2.43. The zero-order valence-corrected chi connectivity index (χ0v) is 12.4. The number of methoxy groups -OCH3 is 1. The Morgan fingerprint density at radius 2 is 2.00 bits per heavy atom. The van der Waals surface area contributed by atoms with Gasteiger partial charge in [-0.15, -0.1) is 0 Å². The van der Waals surface area contributed by atoms with Crippen LogP contribution in [0.15, 0.2) is 0 Å². The van der Waals surface area contributed by atoms with Gasteiger partial charge in [0.25, 0.3) is 6.47 Å². The van der Waals surface area contributed by atoms with E-state index in [2.05, 4.69) is 17.1 Å². The minimum Gasteiger partial charge on any atom is -0.483 e. The summed E-state index contributed by atoms with van der Waals surface area (Å²) >= 11 is 0. The topological polar surface area (TPSA) is 116 Å². The number of nitrogens with one attached hydrogen (secondary N) is 1. The summed E-state index contributed by atoms with van der Waals surface area (Å²) < 4.78 is 5.35. The van der Waals surface area contributed by atoms with Gasteiger partial charge in [-0.3, -0.25) is 19.3 Å². The number of ether oxygens (including phenoxy) is 1. The molecule has 0 spiro atoms. The van der Waals surface area contributed by atoms with Crippen LogP contribution in [0.4, 0.5) is 0 Å². The highest BCUT2D eigenvalue weighted by atomic mass is 16.5. The van der Waals surface area contributed by atoms with Crippen LogP contribution in [-0.2, 0) is 19.1 Å². The van der Waals surface area contributed by atoms with Gasteiger partial charge in [0.1, 0.15) is 0 Å². The summed E-state index contributed by atoms with van der Waals surface area (Å²) in [5.74, 6) is -0.961. The number of carboxylic acids is 1. The molecule has 1 aliphatic heterocycles. The summed E-state index contributed by atoms with van der Waals surface area (Å²) in [6.07, 6.45) is 0.690. The molecule has 1 aliphatic rings. The van der Waals surface area contributed by atoms with Crippen LogP contribution in [0.2, 0.25) is 0 Å². The fourth-order valence-corrected chi connectivity index (χ4v) is 2.17. The number of carbonyl (C=O) groups is 3. The second-order valence-corrected chi connectivity index (χ2v) is 4.65. The van der Waals surface area contributed by atoms with Crippen molar-refractivity contribution in [2.45, 2.75) is 38.3 Å². The highest BCUT2D eigenvalue weighted by molar-refractivity contribution is 5.77. The van der Waals surface area contributed by atoms with Crippen molar-refractivity contribution >= 4 is 18.3 Å². The zero-order chi connectivity index (χ0) is 16.3. The number of hydrogen-bond donors (Lipinski definition) is 3.